The third-order valence-corrected chi connectivity index (χ3v) is 33.8. The fourth-order valence-electron chi connectivity index (χ4n) is 14.4. The molecule has 0 spiro atoms. The van der Waals surface area contributed by atoms with Crippen LogP contribution in [-0.2, 0) is 79.5 Å². The van der Waals surface area contributed by atoms with Crippen LogP contribution in [0, 0.1) is 17.2 Å². The Morgan fingerprint density at radius 1 is 0.392 bits per heavy atom. The molecular weight excluding hydrogens is 2000 g/mol. The second-order valence-corrected chi connectivity index (χ2v) is 47.2. The second-order valence-electron chi connectivity index (χ2n) is 34.7. The molecule has 1 aliphatic rings. The summed E-state index contributed by atoms with van der Waals surface area (Å²) in [6.07, 6.45) is 18.0. The molecule has 0 aliphatic carbocycles. The van der Waals surface area contributed by atoms with Gasteiger partial charge in [0, 0.05) is 71.6 Å². The molecule has 18 aromatic rings. The summed E-state index contributed by atoms with van der Waals surface area (Å²) in [7, 11) is -16.7. The molecule has 1 atom stereocenters. The van der Waals surface area contributed by atoms with Gasteiger partial charge in [0.2, 0.25) is 17.7 Å². The zero-order valence-corrected chi connectivity index (χ0v) is 85.0. The van der Waals surface area contributed by atoms with E-state index in [0.29, 0.717) is 155 Å². The van der Waals surface area contributed by atoms with E-state index in [0.717, 1.165) is 11.1 Å². The normalized spacial score (nSPS) is 12.7. The summed E-state index contributed by atoms with van der Waals surface area (Å²) in [5.41, 5.74) is 14.1. The van der Waals surface area contributed by atoms with Crippen LogP contribution in [0.3, 0.4) is 0 Å². The molecule has 1 fully saturated rings. The minimum absolute atomic E-state index is 0.0396. The summed E-state index contributed by atoms with van der Waals surface area (Å²) in [5, 5.41) is 33.1. The quantitative estimate of drug-likeness (QED) is 0.0217. The molecule has 13 heterocycles. The maximum Gasteiger partial charge on any atom is 0.274 e. The van der Waals surface area contributed by atoms with Gasteiger partial charge in [-0.05, 0) is 161 Å². The SMILES string of the molecule is CC(C)S(=O)(=O)c1ccc(-c2cnc3[nH]cc(NC(=O)C4CCOC4)c3n2)cc1.CC(C)S(=O)(=O)c1ccc(-c2cnc3[nH]cc(NC(=O)CC#N)c3n2)cc1.CC(C)S(=O)(=O)c1ccc(-c2cnc3[nH]cc(NC(=O)COc4ccccc4)c3n2)cc1.CC(C)S(=O)(=O)c1ccc(-c2cnc3[nH]cc(NC(=O)Cc4nn[nH]n4)c3n2)cc1.CC(C)S(=O)(=O)c1ccc(-c2cnc3[nH]cc(NC(=O)c4ccccn4)c3n2)cc1. The lowest BCUT2D eigenvalue weighted by molar-refractivity contribution is -0.120. The molecule has 1 saturated heterocycles. The third-order valence-electron chi connectivity index (χ3n) is 23.0. The number of aromatic nitrogens is 20. The van der Waals surface area contributed by atoms with Crippen LogP contribution in [0.15, 0.2) is 263 Å². The van der Waals surface area contributed by atoms with Crippen molar-refractivity contribution < 1.29 is 75.5 Å². The van der Waals surface area contributed by atoms with Gasteiger partial charge in [-0.1, -0.05) is 90.1 Å². The maximum atomic E-state index is 12.4. The number of H-pyrrole nitrogens is 6. The number of pyridine rings is 1. The van der Waals surface area contributed by atoms with Crippen LogP contribution in [0.5, 0.6) is 5.75 Å². The van der Waals surface area contributed by atoms with Crippen molar-refractivity contribution in [3.8, 4) is 68.1 Å². The average Bonchev–Trinajstić information content (AvgIpc) is 1.65. The van der Waals surface area contributed by atoms with E-state index >= 15 is 0 Å². The highest BCUT2D eigenvalue weighted by Gasteiger charge is 2.29. The minimum atomic E-state index is -3.35. The van der Waals surface area contributed by atoms with Gasteiger partial charge >= 0.3 is 0 Å². The third kappa shape index (κ3) is 24.6. The first kappa shape index (κ1) is 105. The Morgan fingerprint density at radius 2 is 0.709 bits per heavy atom. The van der Waals surface area contributed by atoms with Gasteiger partial charge in [0.1, 0.15) is 45.4 Å². The number of carbonyl (C=O) groups excluding carboxylic acids is 5. The van der Waals surface area contributed by atoms with Crippen molar-refractivity contribution in [3.05, 3.63) is 250 Å². The number of sulfone groups is 5. The van der Waals surface area contributed by atoms with Crippen molar-refractivity contribution in [1.29, 1.82) is 5.26 Å². The number of para-hydroxylation sites is 1. The number of rotatable bonds is 28. The fourth-order valence-corrected chi connectivity index (χ4v) is 19.7. The van der Waals surface area contributed by atoms with Crippen molar-refractivity contribution in [2.45, 2.75) is 139 Å². The first-order valence-corrected chi connectivity index (χ1v) is 53.7. The summed E-state index contributed by atoms with van der Waals surface area (Å²) in [6, 6.07) is 48.5. The smallest absolute Gasteiger partial charge is 0.274 e. The maximum absolute atomic E-state index is 12.4. The Kier molecular flexibility index (Phi) is 32.4. The molecule has 6 aromatic carbocycles. The van der Waals surface area contributed by atoms with Crippen LogP contribution in [0.25, 0.3) is 112 Å². The molecule has 11 N–H and O–H groups in total. The molecule has 12 aromatic heterocycles. The lowest BCUT2D eigenvalue weighted by atomic mass is 10.1. The number of amides is 5. The Morgan fingerprint density at radius 3 is 1.01 bits per heavy atom. The first-order valence-electron chi connectivity index (χ1n) is 45.9. The van der Waals surface area contributed by atoms with Crippen LogP contribution in [0.2, 0.25) is 0 Å². The number of nitrogens with one attached hydrogen (secondary N) is 11. The molecule has 0 saturated carbocycles. The number of hydrogen-bond acceptors (Lipinski definition) is 32. The summed E-state index contributed by atoms with van der Waals surface area (Å²) in [4.78, 5) is 126. The summed E-state index contributed by atoms with van der Waals surface area (Å²) in [5.74, 6) is -0.828. The minimum Gasteiger partial charge on any atom is -0.484 e. The predicted octanol–water partition coefficient (Wildman–Crippen LogP) is 14.2. The number of aromatic amines is 6. The van der Waals surface area contributed by atoms with E-state index in [-0.39, 0.29) is 85.0 Å². The monoisotopic (exact) mass is 2090 g/mol. The number of benzene rings is 6. The number of fused-ring (bicyclic) bond motifs is 5. The average molecular weight is 2100 g/mol. The van der Waals surface area contributed by atoms with Gasteiger partial charge in [0.05, 0.1) is 164 Å². The Balaban J connectivity index is 0.000000139. The van der Waals surface area contributed by atoms with Crippen LogP contribution >= 0.6 is 0 Å². The van der Waals surface area contributed by atoms with Crippen LogP contribution in [-0.4, -0.2) is 218 Å². The largest absolute Gasteiger partial charge is 0.484 e. The molecule has 0 bridgehead atoms. The summed E-state index contributed by atoms with van der Waals surface area (Å²) < 4.78 is 134. The van der Waals surface area contributed by atoms with Crippen molar-refractivity contribution in [1.82, 2.24) is 100 Å². The van der Waals surface area contributed by atoms with E-state index < -0.39 is 81.3 Å². The Hall–Kier alpha value is -17.0. The molecule has 48 heteroatoms. The lowest BCUT2D eigenvalue weighted by Gasteiger charge is -2.09. The molecular formula is C100H98N26O17S5. The zero-order chi connectivity index (χ0) is 106. The van der Waals surface area contributed by atoms with Gasteiger partial charge < -0.3 is 61.0 Å². The van der Waals surface area contributed by atoms with Crippen LogP contribution in [0.1, 0.15) is 98.4 Å². The molecule has 1 unspecified atom stereocenters. The van der Waals surface area contributed by atoms with Gasteiger partial charge in [0.15, 0.2) is 89.9 Å². The molecule has 43 nitrogen and oxygen atoms in total. The van der Waals surface area contributed by atoms with E-state index in [9.17, 15) is 66.1 Å². The van der Waals surface area contributed by atoms with Gasteiger partial charge in [-0.25, -0.2) is 91.9 Å². The zero-order valence-electron chi connectivity index (χ0n) is 80.9. The molecule has 5 amide bonds. The number of carbonyl (C=O) groups is 5. The predicted molar refractivity (Wildman–Crippen MR) is 554 cm³/mol. The molecule has 0 radical (unpaired) electrons. The van der Waals surface area contributed by atoms with E-state index in [2.05, 4.69) is 127 Å². The summed E-state index contributed by atoms with van der Waals surface area (Å²) in [6.45, 7) is 17.3. The fraction of sp³-hybridized carbons (Fsp3) is 0.220. The highest BCUT2D eigenvalue weighted by Crippen LogP contribution is 2.35. The standard InChI is InChI=1S/C23H22N4O4S.C21H19N5O3S.C20H22N4O4S.C18H18N8O3S.C18H17N5O3S/c1-15(2)32(29,30)18-10-8-16(9-11-18)19-12-24-23-22(27-19)20(13-25-23)26-21(28)14-31-17-6-4-3-5-7-17;1-13(2)30(28,29)15-8-6-14(7-9-15)17-11-23-20-19(25-17)18(12-24-20)26-21(27)16-5-3-4-10-22-16;1-12(2)29(26,27)15-5-3-13(4-6-15)16-9-21-19-18(23-16)17(10-22-19)24-20(25)14-7-8-28-11-14;1-10(2)30(28,29)12-5-3-11(4-6-12)13-8-19-18-17(22-13)14(9-20-18)21-16(27)7-15-23-25-26-24-15;1-11(2)27(25,26)13-5-3-12(4-6-13)14-9-20-18-17(23-14)15(10-21-18)22-16(24)7-8-19/h3-13,15H,14H2,1-2H3,(H,24,25)(H,26,28);3-13H,1-2H3,(H,23,24)(H,26,27);3-6,9-10,12,14H,7-8,11H2,1-2H3,(H,21,22)(H,24,25);3-6,8-10H,7H2,1-2H3,(H,19,20)(H,21,27)(H,23,24,25,26);3-6,9-11H,7H2,1-2H3,(H,20,21)(H,22,24). The second kappa shape index (κ2) is 45.5. The Bertz CT molecular complexity index is 8560. The highest BCUT2D eigenvalue weighted by molar-refractivity contribution is 7.93. The van der Waals surface area contributed by atoms with Gasteiger partial charge in [-0.3, -0.25) is 29.0 Å². The molecule has 760 valence electrons. The topological polar surface area (TPSA) is 634 Å². The molecule has 19 rings (SSSR count). The van der Waals surface area contributed by atoms with E-state index in [1.54, 1.807) is 295 Å². The van der Waals surface area contributed by atoms with Crippen molar-refractivity contribution in [2.24, 2.45) is 5.92 Å². The summed E-state index contributed by atoms with van der Waals surface area (Å²) >= 11 is 0. The van der Waals surface area contributed by atoms with Gasteiger partial charge in [-0.15, -0.1) is 10.2 Å². The van der Waals surface area contributed by atoms with Crippen molar-refractivity contribution in [3.63, 3.8) is 0 Å². The van der Waals surface area contributed by atoms with Gasteiger partial charge in [-0.2, -0.15) is 10.5 Å². The molecule has 148 heavy (non-hydrogen) atoms. The Labute approximate surface area is 847 Å². The van der Waals surface area contributed by atoms with Gasteiger partial charge in [0.25, 0.3) is 11.8 Å². The van der Waals surface area contributed by atoms with E-state index in [1.165, 1.54) is 0 Å². The number of nitriles is 1. The number of hydrogen-bond donors (Lipinski definition) is 11. The highest BCUT2D eigenvalue weighted by atomic mass is 32.2. The van der Waals surface area contributed by atoms with E-state index in [1.807, 2.05) is 18.2 Å². The van der Waals surface area contributed by atoms with Crippen LogP contribution in [0.4, 0.5) is 28.4 Å². The number of ether oxygens (including phenoxy) is 2. The molecule has 1 aliphatic heterocycles. The van der Waals surface area contributed by atoms with Crippen molar-refractivity contribution >= 4 is 163 Å². The lowest BCUT2D eigenvalue weighted by Crippen LogP contribution is -2.22. The van der Waals surface area contributed by atoms with E-state index in [4.69, 9.17) is 14.7 Å². The first-order chi connectivity index (χ1) is 70.7. The van der Waals surface area contributed by atoms with Crippen LogP contribution < -0.4 is 31.3 Å². The number of tetrazole rings is 1. The van der Waals surface area contributed by atoms with Crippen molar-refractivity contribution in [2.75, 3.05) is 46.4 Å². The number of anilines is 5. The number of nitrogens with zero attached hydrogens (tertiary/aromatic N) is 15.